The summed E-state index contributed by atoms with van der Waals surface area (Å²) in [5, 5.41) is 20.1. The summed E-state index contributed by atoms with van der Waals surface area (Å²) in [6, 6.07) is 0. The van der Waals surface area contributed by atoms with Crippen LogP contribution in [-0.2, 0) is 0 Å². The number of nitrogens with zero attached hydrogens (tertiary/aromatic N) is 1. The molecule has 0 fully saturated rings. The van der Waals surface area contributed by atoms with Gasteiger partial charge in [-0.05, 0) is 12.8 Å². The van der Waals surface area contributed by atoms with Gasteiger partial charge in [-0.3, -0.25) is 0 Å². The van der Waals surface area contributed by atoms with Gasteiger partial charge >= 0.3 is 0 Å². The van der Waals surface area contributed by atoms with Crippen LogP contribution in [0.1, 0.15) is 20.8 Å². The van der Waals surface area contributed by atoms with Crippen molar-refractivity contribution in [3.8, 4) is 0 Å². The van der Waals surface area contributed by atoms with Crippen molar-refractivity contribution in [2.45, 2.75) is 26.9 Å². The predicted molar refractivity (Wildman–Crippen MR) is 35.7 cm³/mol. The second-order valence-corrected chi connectivity index (χ2v) is 2.36. The van der Waals surface area contributed by atoms with Crippen LogP contribution in [0.4, 0.5) is 0 Å². The van der Waals surface area contributed by atoms with Crippen molar-refractivity contribution >= 4 is 5.71 Å². The van der Waals surface area contributed by atoms with Gasteiger partial charge < -0.3 is 10.3 Å². The molecule has 0 rings (SSSR count). The topological polar surface area (TPSA) is 52.8 Å². The summed E-state index contributed by atoms with van der Waals surface area (Å²) < 4.78 is 0. The molecule has 0 aliphatic carbocycles. The van der Waals surface area contributed by atoms with E-state index in [2.05, 4.69) is 5.16 Å². The van der Waals surface area contributed by atoms with Crippen LogP contribution in [0.3, 0.4) is 0 Å². The number of hydrogen-bond acceptors (Lipinski definition) is 3. The molecule has 0 aromatic rings. The maximum absolute atomic E-state index is 8.89. The molecule has 0 radical (unpaired) electrons. The van der Waals surface area contributed by atoms with Crippen LogP contribution in [-0.4, -0.2) is 22.1 Å². The average molecular weight is 131 g/mol. The lowest BCUT2D eigenvalue weighted by molar-refractivity contribution is 0.240. The molecule has 0 aliphatic rings. The summed E-state index contributed by atoms with van der Waals surface area (Å²) in [6.45, 7) is 5.30. The standard InChI is InChI=1S/C6H13NO2/c1-4(2)6(7-9)5(3)8/h4-5,8-9H,1-3H3. The highest BCUT2D eigenvalue weighted by molar-refractivity contribution is 5.89. The molecule has 0 aromatic carbocycles. The van der Waals surface area contributed by atoms with Crippen molar-refractivity contribution in [1.82, 2.24) is 0 Å². The van der Waals surface area contributed by atoms with Gasteiger partial charge in [-0.1, -0.05) is 19.0 Å². The SMILES string of the molecule is CC(C)C(=NO)C(C)O. The van der Waals surface area contributed by atoms with E-state index >= 15 is 0 Å². The van der Waals surface area contributed by atoms with Crippen molar-refractivity contribution in [1.29, 1.82) is 0 Å². The smallest absolute Gasteiger partial charge is 0.0928 e. The molecular formula is C6H13NO2. The lowest BCUT2D eigenvalue weighted by atomic mass is 10.0. The van der Waals surface area contributed by atoms with Crippen LogP contribution >= 0.6 is 0 Å². The van der Waals surface area contributed by atoms with E-state index in [0.717, 1.165) is 0 Å². The van der Waals surface area contributed by atoms with E-state index in [4.69, 9.17) is 10.3 Å². The molecule has 0 saturated heterocycles. The highest BCUT2D eigenvalue weighted by Gasteiger charge is 2.10. The first-order chi connectivity index (χ1) is 4.09. The molecule has 2 N–H and O–H groups in total. The van der Waals surface area contributed by atoms with Crippen LogP contribution in [0.5, 0.6) is 0 Å². The molecular weight excluding hydrogens is 118 g/mol. The Morgan fingerprint density at radius 2 is 1.78 bits per heavy atom. The van der Waals surface area contributed by atoms with Gasteiger partial charge in [0.1, 0.15) is 0 Å². The van der Waals surface area contributed by atoms with E-state index in [0.29, 0.717) is 5.71 Å². The summed E-state index contributed by atoms with van der Waals surface area (Å²) in [5.41, 5.74) is 0.426. The summed E-state index contributed by atoms with van der Waals surface area (Å²) in [5.74, 6) is 0.106. The van der Waals surface area contributed by atoms with Crippen molar-refractivity contribution in [3.63, 3.8) is 0 Å². The quantitative estimate of drug-likeness (QED) is 0.331. The fraction of sp³-hybridized carbons (Fsp3) is 0.833. The third kappa shape index (κ3) is 2.46. The zero-order valence-corrected chi connectivity index (χ0v) is 6.00. The molecule has 0 spiro atoms. The van der Waals surface area contributed by atoms with E-state index in [1.807, 2.05) is 13.8 Å². The molecule has 0 heterocycles. The third-order valence-electron chi connectivity index (χ3n) is 1.14. The number of hydrogen-bond donors (Lipinski definition) is 2. The van der Waals surface area contributed by atoms with E-state index < -0.39 is 6.10 Å². The Hall–Kier alpha value is -0.570. The minimum Gasteiger partial charge on any atom is -0.411 e. The first-order valence-electron chi connectivity index (χ1n) is 2.99. The number of aliphatic hydroxyl groups is 1. The molecule has 0 aromatic heterocycles. The number of oxime groups is 1. The lowest BCUT2D eigenvalue weighted by Gasteiger charge is -2.09. The molecule has 54 valence electrons. The maximum atomic E-state index is 8.89. The average Bonchev–Trinajstić information content (AvgIpc) is 1.64. The van der Waals surface area contributed by atoms with Gasteiger partial charge in [-0.2, -0.15) is 0 Å². The zero-order valence-electron chi connectivity index (χ0n) is 6.00. The van der Waals surface area contributed by atoms with Crippen molar-refractivity contribution < 1.29 is 10.3 Å². The summed E-state index contributed by atoms with van der Waals surface area (Å²) in [7, 11) is 0. The summed E-state index contributed by atoms with van der Waals surface area (Å²) in [6.07, 6.45) is -0.644. The van der Waals surface area contributed by atoms with Crippen molar-refractivity contribution in [2.75, 3.05) is 0 Å². The fourth-order valence-electron chi connectivity index (χ4n) is 0.681. The number of aliphatic hydroxyl groups excluding tert-OH is 1. The molecule has 1 atom stereocenters. The van der Waals surface area contributed by atoms with Gasteiger partial charge in [0.2, 0.25) is 0 Å². The number of rotatable bonds is 2. The molecule has 3 heteroatoms. The molecule has 0 amide bonds. The Labute approximate surface area is 55.0 Å². The maximum Gasteiger partial charge on any atom is 0.0928 e. The lowest BCUT2D eigenvalue weighted by Crippen LogP contribution is -2.21. The van der Waals surface area contributed by atoms with Crippen molar-refractivity contribution in [3.05, 3.63) is 0 Å². The van der Waals surface area contributed by atoms with Crippen LogP contribution in [0, 0.1) is 5.92 Å². The van der Waals surface area contributed by atoms with E-state index in [1.54, 1.807) is 6.92 Å². The van der Waals surface area contributed by atoms with Gasteiger partial charge in [0.25, 0.3) is 0 Å². The molecule has 0 saturated carbocycles. The Balaban J connectivity index is 4.01. The molecule has 3 nitrogen and oxygen atoms in total. The molecule has 0 aliphatic heterocycles. The van der Waals surface area contributed by atoms with Gasteiger partial charge in [-0.15, -0.1) is 0 Å². The zero-order chi connectivity index (χ0) is 7.44. The van der Waals surface area contributed by atoms with E-state index in [9.17, 15) is 0 Å². The summed E-state index contributed by atoms with van der Waals surface area (Å²) in [4.78, 5) is 0. The minimum atomic E-state index is -0.644. The van der Waals surface area contributed by atoms with E-state index in [-0.39, 0.29) is 5.92 Å². The van der Waals surface area contributed by atoms with Gasteiger partial charge in [0.05, 0.1) is 11.8 Å². The Morgan fingerprint density at radius 3 is 1.78 bits per heavy atom. The Bertz CT molecular complexity index is 97.6. The van der Waals surface area contributed by atoms with Crippen LogP contribution in [0.2, 0.25) is 0 Å². The highest BCUT2D eigenvalue weighted by atomic mass is 16.4. The molecule has 1 unspecified atom stereocenters. The van der Waals surface area contributed by atoms with Gasteiger partial charge in [0, 0.05) is 0 Å². The molecule has 0 bridgehead atoms. The first kappa shape index (κ1) is 8.43. The van der Waals surface area contributed by atoms with Gasteiger partial charge in [-0.25, -0.2) is 0 Å². The normalized spacial score (nSPS) is 16.3. The second-order valence-electron chi connectivity index (χ2n) is 2.36. The summed E-state index contributed by atoms with van der Waals surface area (Å²) >= 11 is 0. The predicted octanol–water partition coefficient (Wildman–Crippen LogP) is 0.853. The van der Waals surface area contributed by atoms with Crippen molar-refractivity contribution in [2.24, 2.45) is 11.1 Å². The van der Waals surface area contributed by atoms with Gasteiger partial charge in [0.15, 0.2) is 0 Å². The van der Waals surface area contributed by atoms with Crippen LogP contribution < -0.4 is 0 Å². The first-order valence-corrected chi connectivity index (χ1v) is 2.99. The third-order valence-corrected chi connectivity index (χ3v) is 1.14. The van der Waals surface area contributed by atoms with Crippen LogP contribution in [0.15, 0.2) is 5.16 Å². The Kier molecular flexibility index (Phi) is 3.24. The fourth-order valence-corrected chi connectivity index (χ4v) is 0.681. The van der Waals surface area contributed by atoms with E-state index in [1.165, 1.54) is 0 Å². The second kappa shape index (κ2) is 3.45. The van der Waals surface area contributed by atoms with Crippen LogP contribution in [0.25, 0.3) is 0 Å². The monoisotopic (exact) mass is 131 g/mol. The minimum absolute atomic E-state index is 0.106. The largest absolute Gasteiger partial charge is 0.411 e. The molecule has 9 heavy (non-hydrogen) atoms. The Morgan fingerprint density at radius 1 is 1.33 bits per heavy atom. The highest BCUT2D eigenvalue weighted by Crippen LogP contribution is 2.00.